The highest BCUT2D eigenvalue weighted by Gasteiger charge is 2.14. The Morgan fingerprint density at radius 3 is 2.28 bits per heavy atom. The van der Waals surface area contributed by atoms with Gasteiger partial charge >= 0.3 is 0 Å². The van der Waals surface area contributed by atoms with Gasteiger partial charge in [-0.3, -0.25) is 4.79 Å². The van der Waals surface area contributed by atoms with Crippen molar-refractivity contribution < 1.29 is 4.79 Å². The number of nitrogens with one attached hydrogen (secondary N) is 1. The first-order valence-corrected chi connectivity index (χ1v) is 6.41. The molecule has 0 fully saturated rings. The standard InChI is InChI=1S/C14H23N3O/c1-6-17(7-2)13(18)12-9-8-11(10-15-12)16-14(3,4)5/h8-10,16H,6-7H2,1-5H3. The summed E-state index contributed by atoms with van der Waals surface area (Å²) in [5.41, 5.74) is 1.42. The Morgan fingerprint density at radius 2 is 1.89 bits per heavy atom. The number of rotatable bonds is 4. The summed E-state index contributed by atoms with van der Waals surface area (Å²) in [4.78, 5) is 18.0. The first-order valence-electron chi connectivity index (χ1n) is 6.41. The van der Waals surface area contributed by atoms with Crippen molar-refractivity contribution in [1.29, 1.82) is 0 Å². The van der Waals surface area contributed by atoms with Crippen molar-refractivity contribution in [3.8, 4) is 0 Å². The van der Waals surface area contributed by atoms with Crippen molar-refractivity contribution in [2.45, 2.75) is 40.2 Å². The van der Waals surface area contributed by atoms with Gasteiger partial charge in [0.1, 0.15) is 5.69 Å². The third-order valence-corrected chi connectivity index (χ3v) is 2.55. The van der Waals surface area contributed by atoms with Crippen LogP contribution >= 0.6 is 0 Å². The molecular weight excluding hydrogens is 226 g/mol. The largest absolute Gasteiger partial charge is 0.379 e. The molecule has 0 aliphatic heterocycles. The molecule has 1 N–H and O–H groups in total. The minimum absolute atomic E-state index is 0.00786. The van der Waals surface area contributed by atoms with E-state index < -0.39 is 0 Å². The first kappa shape index (κ1) is 14.5. The number of pyridine rings is 1. The molecule has 4 nitrogen and oxygen atoms in total. The van der Waals surface area contributed by atoms with Gasteiger partial charge in [-0.05, 0) is 46.8 Å². The SMILES string of the molecule is CCN(CC)C(=O)c1ccc(NC(C)(C)C)cn1. The lowest BCUT2D eigenvalue weighted by molar-refractivity contribution is 0.0767. The number of hydrogen-bond donors (Lipinski definition) is 1. The van der Waals surface area contributed by atoms with Crippen LogP contribution in [-0.2, 0) is 0 Å². The van der Waals surface area contributed by atoms with E-state index in [-0.39, 0.29) is 11.4 Å². The fraction of sp³-hybridized carbons (Fsp3) is 0.571. The molecule has 0 atom stereocenters. The van der Waals surface area contributed by atoms with Crippen molar-refractivity contribution in [2.75, 3.05) is 18.4 Å². The monoisotopic (exact) mass is 249 g/mol. The predicted octanol–water partition coefficient (Wildman–Crippen LogP) is 2.77. The molecule has 1 aromatic rings. The third-order valence-electron chi connectivity index (χ3n) is 2.55. The molecule has 4 heteroatoms. The van der Waals surface area contributed by atoms with Crippen molar-refractivity contribution in [2.24, 2.45) is 0 Å². The lowest BCUT2D eigenvalue weighted by Gasteiger charge is -2.22. The van der Waals surface area contributed by atoms with Gasteiger partial charge in [-0.25, -0.2) is 4.98 Å². The Balaban J connectivity index is 2.79. The van der Waals surface area contributed by atoms with Crippen LogP contribution in [0, 0.1) is 0 Å². The zero-order chi connectivity index (χ0) is 13.8. The van der Waals surface area contributed by atoms with Crippen molar-refractivity contribution in [3.63, 3.8) is 0 Å². The lowest BCUT2D eigenvalue weighted by atomic mass is 10.1. The van der Waals surface area contributed by atoms with Crippen LogP contribution in [0.2, 0.25) is 0 Å². The summed E-state index contributed by atoms with van der Waals surface area (Å²) in [6.45, 7) is 11.6. The van der Waals surface area contributed by atoms with Crippen LogP contribution in [0.1, 0.15) is 45.1 Å². The predicted molar refractivity (Wildman–Crippen MR) is 74.9 cm³/mol. The van der Waals surface area contributed by atoms with E-state index in [1.165, 1.54) is 0 Å². The fourth-order valence-electron chi connectivity index (χ4n) is 1.70. The van der Waals surface area contributed by atoms with Gasteiger partial charge in [-0.1, -0.05) is 0 Å². The van der Waals surface area contributed by atoms with Crippen LogP contribution in [0.25, 0.3) is 0 Å². The van der Waals surface area contributed by atoms with Crippen LogP contribution in [0.5, 0.6) is 0 Å². The summed E-state index contributed by atoms with van der Waals surface area (Å²) in [7, 11) is 0. The van der Waals surface area contributed by atoms with Gasteiger partial charge in [0.15, 0.2) is 0 Å². The highest BCUT2D eigenvalue weighted by Crippen LogP contribution is 2.14. The number of nitrogens with zero attached hydrogens (tertiary/aromatic N) is 2. The number of carbonyl (C=O) groups is 1. The Morgan fingerprint density at radius 1 is 1.28 bits per heavy atom. The highest BCUT2D eigenvalue weighted by molar-refractivity contribution is 5.92. The van der Waals surface area contributed by atoms with E-state index in [1.807, 2.05) is 19.9 Å². The maximum atomic E-state index is 12.0. The average molecular weight is 249 g/mol. The van der Waals surface area contributed by atoms with Crippen molar-refractivity contribution >= 4 is 11.6 Å². The van der Waals surface area contributed by atoms with E-state index >= 15 is 0 Å². The van der Waals surface area contributed by atoms with Gasteiger partial charge in [0.05, 0.1) is 11.9 Å². The van der Waals surface area contributed by atoms with Gasteiger partial charge in [-0.15, -0.1) is 0 Å². The van der Waals surface area contributed by atoms with Crippen LogP contribution in [0.4, 0.5) is 5.69 Å². The van der Waals surface area contributed by atoms with Gasteiger partial charge in [-0.2, -0.15) is 0 Å². The highest BCUT2D eigenvalue weighted by atomic mass is 16.2. The molecule has 0 spiro atoms. The Kier molecular flexibility index (Phi) is 4.70. The molecule has 1 amide bonds. The maximum Gasteiger partial charge on any atom is 0.272 e. The molecule has 0 aliphatic rings. The van der Waals surface area contributed by atoms with E-state index in [1.54, 1.807) is 17.2 Å². The van der Waals surface area contributed by atoms with Crippen LogP contribution < -0.4 is 5.32 Å². The number of aromatic nitrogens is 1. The molecule has 0 radical (unpaired) electrons. The number of hydrogen-bond acceptors (Lipinski definition) is 3. The smallest absolute Gasteiger partial charge is 0.272 e. The molecule has 18 heavy (non-hydrogen) atoms. The molecule has 1 rings (SSSR count). The second-order valence-corrected chi connectivity index (χ2v) is 5.28. The van der Waals surface area contributed by atoms with E-state index in [4.69, 9.17) is 0 Å². The molecule has 0 unspecified atom stereocenters. The molecule has 0 bridgehead atoms. The minimum Gasteiger partial charge on any atom is -0.379 e. The fourth-order valence-corrected chi connectivity index (χ4v) is 1.70. The van der Waals surface area contributed by atoms with Crippen LogP contribution in [0.3, 0.4) is 0 Å². The van der Waals surface area contributed by atoms with Crippen LogP contribution in [-0.4, -0.2) is 34.4 Å². The van der Waals surface area contributed by atoms with E-state index in [2.05, 4.69) is 31.1 Å². The van der Waals surface area contributed by atoms with Gasteiger partial charge in [0, 0.05) is 18.6 Å². The Labute approximate surface area is 109 Å². The van der Waals surface area contributed by atoms with E-state index in [0.29, 0.717) is 18.8 Å². The van der Waals surface area contributed by atoms with E-state index in [9.17, 15) is 4.79 Å². The molecule has 0 aliphatic carbocycles. The van der Waals surface area contributed by atoms with Crippen LogP contribution in [0.15, 0.2) is 18.3 Å². The van der Waals surface area contributed by atoms with E-state index in [0.717, 1.165) is 5.69 Å². The normalized spacial score (nSPS) is 11.2. The molecule has 1 aromatic heterocycles. The molecule has 100 valence electrons. The number of carbonyl (C=O) groups excluding carboxylic acids is 1. The summed E-state index contributed by atoms with van der Waals surface area (Å²) in [5, 5.41) is 3.32. The number of amides is 1. The minimum atomic E-state index is -0.0118. The maximum absolute atomic E-state index is 12.0. The molecular formula is C14H23N3O. The van der Waals surface area contributed by atoms with Crippen molar-refractivity contribution in [3.05, 3.63) is 24.0 Å². The van der Waals surface area contributed by atoms with Gasteiger partial charge in [0.2, 0.25) is 0 Å². The Bertz CT molecular complexity index is 388. The summed E-state index contributed by atoms with van der Waals surface area (Å²) in [5.74, 6) is -0.0118. The quantitative estimate of drug-likeness (QED) is 0.892. The van der Waals surface area contributed by atoms with Gasteiger partial charge in [0.25, 0.3) is 5.91 Å². The van der Waals surface area contributed by atoms with Crippen molar-refractivity contribution in [1.82, 2.24) is 9.88 Å². The zero-order valence-corrected chi connectivity index (χ0v) is 11.9. The summed E-state index contributed by atoms with van der Waals surface area (Å²) < 4.78 is 0. The summed E-state index contributed by atoms with van der Waals surface area (Å²) in [6.07, 6.45) is 1.71. The zero-order valence-electron chi connectivity index (χ0n) is 11.9. The average Bonchev–Trinajstić information content (AvgIpc) is 2.29. The molecule has 0 saturated heterocycles. The molecule has 0 saturated carbocycles. The summed E-state index contributed by atoms with van der Waals surface area (Å²) in [6, 6.07) is 3.67. The molecule has 1 heterocycles. The molecule has 0 aromatic carbocycles. The summed E-state index contributed by atoms with van der Waals surface area (Å²) >= 11 is 0. The number of anilines is 1. The second kappa shape index (κ2) is 5.85. The van der Waals surface area contributed by atoms with Gasteiger partial charge < -0.3 is 10.2 Å². The lowest BCUT2D eigenvalue weighted by Crippen LogP contribution is -2.31. The second-order valence-electron chi connectivity index (χ2n) is 5.28. The first-order chi connectivity index (χ1) is 8.37. The topological polar surface area (TPSA) is 45.2 Å². The Hall–Kier alpha value is -1.58. The third kappa shape index (κ3) is 4.02.